The van der Waals surface area contributed by atoms with E-state index >= 15 is 0 Å². The molecule has 2 rings (SSSR count). The van der Waals surface area contributed by atoms with Gasteiger partial charge in [-0.15, -0.1) is 0 Å². The second-order valence-electron chi connectivity index (χ2n) is 6.69. The van der Waals surface area contributed by atoms with Crippen molar-refractivity contribution in [3.8, 4) is 6.07 Å². The van der Waals surface area contributed by atoms with Crippen LogP contribution in [0, 0.1) is 17.2 Å². The van der Waals surface area contributed by atoms with Crippen LogP contribution in [0.4, 0.5) is 4.79 Å². The molecule has 2 fully saturated rings. The molecule has 2 aliphatic rings. The second-order valence-corrected chi connectivity index (χ2v) is 6.69. The lowest BCUT2D eigenvalue weighted by Gasteiger charge is -2.27. The SMILES string of the molecule is CC(OC(=O)N1CCCCC1)C(=O)NCC#N.CC1CCCCC1. The van der Waals surface area contributed by atoms with Crippen LogP contribution in [0.3, 0.4) is 0 Å². The highest BCUT2D eigenvalue weighted by Gasteiger charge is 2.23. The van der Waals surface area contributed by atoms with Gasteiger partial charge in [-0.1, -0.05) is 39.0 Å². The van der Waals surface area contributed by atoms with Crippen molar-refractivity contribution in [1.82, 2.24) is 10.2 Å². The summed E-state index contributed by atoms with van der Waals surface area (Å²) in [4.78, 5) is 24.6. The Bertz CT molecular complexity index is 422. The number of ether oxygens (including phenoxy) is 1. The van der Waals surface area contributed by atoms with Crippen LogP contribution in [0.25, 0.3) is 0 Å². The zero-order valence-corrected chi connectivity index (χ0v) is 15.1. The average molecular weight is 337 g/mol. The van der Waals surface area contributed by atoms with Gasteiger partial charge in [0.05, 0.1) is 6.07 Å². The van der Waals surface area contributed by atoms with Crippen LogP contribution in [0.5, 0.6) is 0 Å². The van der Waals surface area contributed by atoms with Gasteiger partial charge in [0.1, 0.15) is 6.54 Å². The molecule has 0 spiro atoms. The van der Waals surface area contributed by atoms with Crippen LogP contribution in [-0.2, 0) is 9.53 Å². The number of amides is 2. The van der Waals surface area contributed by atoms with Gasteiger partial charge in [0.2, 0.25) is 0 Å². The van der Waals surface area contributed by atoms with E-state index in [0.29, 0.717) is 13.1 Å². The fourth-order valence-corrected chi connectivity index (χ4v) is 2.93. The van der Waals surface area contributed by atoms with Crippen molar-refractivity contribution >= 4 is 12.0 Å². The Morgan fingerprint density at radius 3 is 2.25 bits per heavy atom. The summed E-state index contributed by atoms with van der Waals surface area (Å²) < 4.78 is 5.01. The van der Waals surface area contributed by atoms with Crippen molar-refractivity contribution in [1.29, 1.82) is 5.26 Å². The molecule has 0 radical (unpaired) electrons. The fraction of sp³-hybridized carbons (Fsp3) is 0.833. The molecule has 0 aromatic rings. The van der Waals surface area contributed by atoms with E-state index in [1.165, 1.54) is 39.0 Å². The summed E-state index contributed by atoms with van der Waals surface area (Å²) in [6, 6.07) is 1.79. The molecule has 0 aromatic carbocycles. The van der Waals surface area contributed by atoms with Crippen LogP contribution in [-0.4, -0.2) is 42.6 Å². The van der Waals surface area contributed by atoms with E-state index in [-0.39, 0.29) is 6.54 Å². The van der Waals surface area contributed by atoms with E-state index in [9.17, 15) is 9.59 Å². The summed E-state index contributed by atoms with van der Waals surface area (Å²) in [5.74, 6) is 0.589. The summed E-state index contributed by atoms with van der Waals surface area (Å²) in [5, 5.41) is 10.6. The Morgan fingerprint density at radius 1 is 1.17 bits per heavy atom. The monoisotopic (exact) mass is 337 g/mol. The van der Waals surface area contributed by atoms with Gasteiger partial charge in [-0.25, -0.2) is 4.79 Å². The number of nitrogens with zero attached hydrogens (tertiary/aromatic N) is 2. The molecule has 1 heterocycles. The molecule has 0 aromatic heterocycles. The number of carbonyl (C=O) groups excluding carboxylic acids is 2. The molecule has 0 bridgehead atoms. The van der Waals surface area contributed by atoms with Crippen LogP contribution in [0.15, 0.2) is 0 Å². The van der Waals surface area contributed by atoms with E-state index in [1.807, 2.05) is 0 Å². The minimum Gasteiger partial charge on any atom is -0.436 e. The van der Waals surface area contributed by atoms with Crippen molar-refractivity contribution in [3.05, 3.63) is 0 Å². The quantitative estimate of drug-likeness (QED) is 0.802. The third-order valence-electron chi connectivity index (χ3n) is 4.50. The van der Waals surface area contributed by atoms with Crippen LogP contribution >= 0.6 is 0 Å². The molecular formula is C18H31N3O3. The molecule has 1 atom stereocenters. The lowest BCUT2D eigenvalue weighted by atomic mass is 9.91. The van der Waals surface area contributed by atoms with Gasteiger partial charge in [0.25, 0.3) is 5.91 Å². The normalized spacial score (nSPS) is 19.3. The fourth-order valence-electron chi connectivity index (χ4n) is 2.93. The maximum Gasteiger partial charge on any atom is 0.410 e. The van der Waals surface area contributed by atoms with Gasteiger partial charge in [0.15, 0.2) is 6.10 Å². The molecule has 1 aliphatic carbocycles. The minimum atomic E-state index is -0.863. The molecule has 1 aliphatic heterocycles. The number of rotatable bonds is 3. The van der Waals surface area contributed by atoms with Crippen LogP contribution in [0.1, 0.15) is 65.2 Å². The molecule has 1 saturated carbocycles. The van der Waals surface area contributed by atoms with Crippen molar-refractivity contribution in [2.75, 3.05) is 19.6 Å². The van der Waals surface area contributed by atoms with Gasteiger partial charge in [-0.2, -0.15) is 5.26 Å². The van der Waals surface area contributed by atoms with E-state index in [2.05, 4.69) is 12.2 Å². The van der Waals surface area contributed by atoms with Crippen molar-refractivity contribution in [2.24, 2.45) is 5.92 Å². The Morgan fingerprint density at radius 2 is 1.75 bits per heavy atom. The first-order valence-corrected chi connectivity index (χ1v) is 9.14. The Kier molecular flexibility index (Phi) is 9.90. The number of piperidine rings is 1. The summed E-state index contributed by atoms with van der Waals surface area (Å²) in [6.07, 6.45) is 9.20. The number of nitrogens with one attached hydrogen (secondary N) is 1. The maximum absolute atomic E-state index is 11.6. The molecule has 1 saturated heterocycles. The van der Waals surface area contributed by atoms with Gasteiger partial charge >= 0.3 is 6.09 Å². The Balaban J connectivity index is 0.000000341. The van der Waals surface area contributed by atoms with Gasteiger partial charge in [0, 0.05) is 13.1 Å². The number of carbonyl (C=O) groups is 2. The van der Waals surface area contributed by atoms with Gasteiger partial charge < -0.3 is 15.0 Å². The van der Waals surface area contributed by atoms with E-state index in [4.69, 9.17) is 10.00 Å². The summed E-state index contributed by atoms with van der Waals surface area (Å²) in [5.41, 5.74) is 0. The minimum absolute atomic E-state index is 0.0789. The van der Waals surface area contributed by atoms with Crippen LogP contribution in [0.2, 0.25) is 0 Å². The predicted octanol–water partition coefficient (Wildman–Crippen LogP) is 3.22. The molecule has 136 valence electrons. The number of nitriles is 1. The first-order chi connectivity index (χ1) is 11.5. The largest absolute Gasteiger partial charge is 0.436 e. The first-order valence-electron chi connectivity index (χ1n) is 9.14. The van der Waals surface area contributed by atoms with Crippen LogP contribution < -0.4 is 5.32 Å². The number of hydrogen-bond donors (Lipinski definition) is 1. The zero-order valence-electron chi connectivity index (χ0n) is 15.1. The molecule has 6 nitrogen and oxygen atoms in total. The number of likely N-dealkylation sites (tertiary alicyclic amines) is 1. The topological polar surface area (TPSA) is 82.4 Å². The Labute approximate surface area is 145 Å². The highest BCUT2D eigenvalue weighted by atomic mass is 16.6. The summed E-state index contributed by atoms with van der Waals surface area (Å²) in [7, 11) is 0. The lowest BCUT2D eigenvalue weighted by molar-refractivity contribution is -0.129. The third-order valence-corrected chi connectivity index (χ3v) is 4.50. The van der Waals surface area contributed by atoms with E-state index in [1.54, 1.807) is 11.0 Å². The van der Waals surface area contributed by atoms with Gasteiger partial charge in [-0.05, 0) is 32.1 Å². The summed E-state index contributed by atoms with van der Waals surface area (Å²) in [6.45, 7) is 5.15. The van der Waals surface area contributed by atoms with E-state index < -0.39 is 18.1 Å². The van der Waals surface area contributed by atoms with Crippen molar-refractivity contribution in [2.45, 2.75) is 71.3 Å². The molecule has 1 unspecified atom stereocenters. The standard InChI is InChI=1S/C11H17N3O3.C7H14/c1-9(10(15)13-6-5-12)17-11(16)14-7-3-2-4-8-14;1-7-5-3-2-4-6-7/h9H,2-4,6-8H2,1H3,(H,13,15);7H,2-6H2,1H3. The average Bonchev–Trinajstić information content (AvgIpc) is 2.61. The lowest BCUT2D eigenvalue weighted by Crippen LogP contribution is -2.42. The summed E-state index contributed by atoms with van der Waals surface area (Å²) >= 11 is 0. The third kappa shape index (κ3) is 8.19. The molecule has 2 amide bonds. The zero-order chi connectivity index (χ0) is 17.8. The predicted molar refractivity (Wildman–Crippen MR) is 92.2 cm³/mol. The maximum atomic E-state index is 11.6. The molecule has 1 N–H and O–H groups in total. The highest BCUT2D eigenvalue weighted by Crippen LogP contribution is 2.22. The first kappa shape index (κ1) is 20.3. The smallest absolute Gasteiger partial charge is 0.410 e. The molecule has 24 heavy (non-hydrogen) atoms. The Hall–Kier alpha value is -1.77. The number of hydrogen-bond acceptors (Lipinski definition) is 4. The van der Waals surface area contributed by atoms with E-state index in [0.717, 1.165) is 25.2 Å². The van der Waals surface area contributed by atoms with Gasteiger partial charge in [-0.3, -0.25) is 4.79 Å². The second kappa shape index (κ2) is 11.7. The molecular weight excluding hydrogens is 306 g/mol. The molecule has 6 heteroatoms. The van der Waals surface area contributed by atoms with Crippen molar-refractivity contribution in [3.63, 3.8) is 0 Å². The van der Waals surface area contributed by atoms with Crippen molar-refractivity contribution < 1.29 is 14.3 Å². The highest BCUT2D eigenvalue weighted by molar-refractivity contribution is 5.83.